The maximum absolute atomic E-state index is 13.2. The molecule has 1 aromatic carbocycles. The average molecular weight is 254 g/mol. The van der Waals surface area contributed by atoms with Crippen LogP contribution in [0.25, 0.3) is 0 Å². The minimum Gasteiger partial charge on any atom is -0.493 e. The molecule has 1 aliphatic rings. The molecule has 0 unspecified atom stereocenters. The predicted octanol–water partition coefficient (Wildman–Crippen LogP) is 2.68. The molecule has 1 fully saturated rings. The Labute approximate surface area is 107 Å². The fraction of sp³-hybridized carbons (Fsp3) is 0.571. The standard InChI is InChI=1S/C14H19FO3/c1-10(16)13-3-2-12(15)8-14(13)18-9-11-4-6-17-7-5-11/h2-3,8,10-11,16H,4-7,9H2,1H3/t10-/m1/s1. The van der Waals surface area contributed by atoms with Crippen molar-refractivity contribution in [3.63, 3.8) is 0 Å². The quantitative estimate of drug-likeness (QED) is 0.897. The molecule has 1 aliphatic heterocycles. The van der Waals surface area contributed by atoms with Gasteiger partial charge in [0, 0.05) is 24.8 Å². The maximum Gasteiger partial charge on any atom is 0.128 e. The van der Waals surface area contributed by atoms with Crippen LogP contribution < -0.4 is 4.74 Å². The number of aliphatic hydroxyl groups excluding tert-OH is 1. The number of aliphatic hydroxyl groups is 1. The van der Waals surface area contributed by atoms with Crippen molar-refractivity contribution < 1.29 is 19.0 Å². The minimum absolute atomic E-state index is 0.346. The lowest BCUT2D eigenvalue weighted by Gasteiger charge is -2.23. The molecule has 4 heteroatoms. The molecule has 0 amide bonds. The highest BCUT2D eigenvalue weighted by atomic mass is 19.1. The number of halogens is 1. The summed E-state index contributed by atoms with van der Waals surface area (Å²) in [6, 6.07) is 4.24. The Hall–Kier alpha value is -1.13. The van der Waals surface area contributed by atoms with E-state index in [1.165, 1.54) is 12.1 Å². The number of hydrogen-bond donors (Lipinski definition) is 1. The lowest BCUT2D eigenvalue weighted by molar-refractivity contribution is 0.0491. The van der Waals surface area contributed by atoms with Crippen LogP contribution in [0, 0.1) is 11.7 Å². The lowest BCUT2D eigenvalue weighted by atomic mass is 10.0. The Balaban J connectivity index is 2.00. The van der Waals surface area contributed by atoms with Gasteiger partial charge in [0.2, 0.25) is 0 Å². The third kappa shape index (κ3) is 3.43. The fourth-order valence-corrected chi connectivity index (χ4v) is 2.10. The Kier molecular flexibility index (Phi) is 4.55. The molecule has 0 bridgehead atoms. The molecule has 3 nitrogen and oxygen atoms in total. The second kappa shape index (κ2) is 6.16. The molecule has 1 atom stereocenters. The van der Waals surface area contributed by atoms with Gasteiger partial charge in [0.25, 0.3) is 0 Å². The normalized spacial score (nSPS) is 18.6. The minimum atomic E-state index is -0.657. The lowest BCUT2D eigenvalue weighted by Crippen LogP contribution is -2.21. The molecule has 2 rings (SSSR count). The summed E-state index contributed by atoms with van der Waals surface area (Å²) in [5.41, 5.74) is 0.628. The van der Waals surface area contributed by atoms with E-state index in [-0.39, 0.29) is 5.82 Å². The summed E-state index contributed by atoms with van der Waals surface area (Å²) in [6.07, 6.45) is 1.29. The number of benzene rings is 1. The molecule has 0 aromatic heterocycles. The maximum atomic E-state index is 13.2. The molecule has 0 spiro atoms. The first-order valence-corrected chi connectivity index (χ1v) is 6.35. The number of hydrogen-bond acceptors (Lipinski definition) is 3. The van der Waals surface area contributed by atoms with E-state index in [1.54, 1.807) is 13.0 Å². The SMILES string of the molecule is C[C@@H](O)c1ccc(F)cc1OCC1CCOCC1. The Morgan fingerprint density at radius 1 is 1.44 bits per heavy atom. The molecule has 0 aliphatic carbocycles. The number of ether oxygens (including phenoxy) is 2. The third-order valence-electron chi connectivity index (χ3n) is 3.24. The van der Waals surface area contributed by atoms with Crippen LogP contribution in [0.1, 0.15) is 31.4 Å². The van der Waals surface area contributed by atoms with Gasteiger partial charge in [0.1, 0.15) is 11.6 Å². The van der Waals surface area contributed by atoms with E-state index in [9.17, 15) is 9.50 Å². The van der Waals surface area contributed by atoms with E-state index >= 15 is 0 Å². The summed E-state index contributed by atoms with van der Waals surface area (Å²) in [6.45, 7) is 3.72. The first-order valence-electron chi connectivity index (χ1n) is 6.35. The van der Waals surface area contributed by atoms with Crippen molar-refractivity contribution in [1.29, 1.82) is 0 Å². The molecule has 1 heterocycles. The summed E-state index contributed by atoms with van der Waals surface area (Å²) in [5.74, 6) is 0.543. The van der Waals surface area contributed by atoms with Gasteiger partial charge in [0.15, 0.2) is 0 Å². The van der Waals surface area contributed by atoms with Crippen LogP contribution in [-0.2, 0) is 4.74 Å². The first kappa shape index (κ1) is 13.3. The summed E-state index contributed by atoms with van der Waals surface area (Å²) in [4.78, 5) is 0. The van der Waals surface area contributed by atoms with E-state index in [1.807, 2.05) is 0 Å². The van der Waals surface area contributed by atoms with Gasteiger partial charge in [-0.2, -0.15) is 0 Å². The summed E-state index contributed by atoms with van der Waals surface area (Å²) < 4.78 is 24.1. The molecule has 0 saturated carbocycles. The summed E-state index contributed by atoms with van der Waals surface area (Å²) in [5, 5.41) is 9.61. The zero-order valence-electron chi connectivity index (χ0n) is 10.6. The molecule has 100 valence electrons. The third-order valence-corrected chi connectivity index (χ3v) is 3.24. The smallest absolute Gasteiger partial charge is 0.128 e. The van der Waals surface area contributed by atoms with Crippen LogP contribution >= 0.6 is 0 Å². The Morgan fingerprint density at radius 3 is 2.83 bits per heavy atom. The van der Waals surface area contributed by atoms with Crippen molar-refractivity contribution in [2.75, 3.05) is 19.8 Å². The second-order valence-electron chi connectivity index (χ2n) is 4.72. The van der Waals surface area contributed by atoms with E-state index in [0.717, 1.165) is 26.1 Å². The second-order valence-corrected chi connectivity index (χ2v) is 4.72. The average Bonchev–Trinajstić information content (AvgIpc) is 2.37. The molecule has 1 saturated heterocycles. The van der Waals surface area contributed by atoms with Gasteiger partial charge in [-0.05, 0) is 37.8 Å². The Bertz CT molecular complexity index is 387. The van der Waals surface area contributed by atoms with Crippen LogP contribution in [0.15, 0.2) is 18.2 Å². The first-order chi connectivity index (χ1) is 8.66. The van der Waals surface area contributed by atoms with Crippen LogP contribution in [0.2, 0.25) is 0 Å². The topological polar surface area (TPSA) is 38.7 Å². The van der Waals surface area contributed by atoms with Crippen molar-refractivity contribution in [3.05, 3.63) is 29.6 Å². The fourth-order valence-electron chi connectivity index (χ4n) is 2.10. The Morgan fingerprint density at radius 2 is 2.17 bits per heavy atom. The summed E-state index contributed by atoms with van der Waals surface area (Å²) in [7, 11) is 0. The highest BCUT2D eigenvalue weighted by Gasteiger charge is 2.16. The molecular formula is C14H19FO3. The van der Waals surface area contributed by atoms with Gasteiger partial charge in [-0.1, -0.05) is 0 Å². The van der Waals surface area contributed by atoms with Gasteiger partial charge in [-0.15, -0.1) is 0 Å². The van der Waals surface area contributed by atoms with Crippen LogP contribution in [0.4, 0.5) is 4.39 Å². The van der Waals surface area contributed by atoms with Crippen LogP contribution in [0.3, 0.4) is 0 Å². The molecule has 0 radical (unpaired) electrons. The predicted molar refractivity (Wildman–Crippen MR) is 66.1 cm³/mol. The largest absolute Gasteiger partial charge is 0.493 e. The van der Waals surface area contributed by atoms with Crippen molar-refractivity contribution in [3.8, 4) is 5.75 Å². The van der Waals surface area contributed by atoms with Gasteiger partial charge in [-0.3, -0.25) is 0 Å². The number of rotatable bonds is 4. The molecule has 1 aromatic rings. The van der Waals surface area contributed by atoms with Crippen LogP contribution in [0.5, 0.6) is 5.75 Å². The van der Waals surface area contributed by atoms with Gasteiger partial charge in [0.05, 0.1) is 12.7 Å². The van der Waals surface area contributed by atoms with E-state index in [4.69, 9.17) is 9.47 Å². The van der Waals surface area contributed by atoms with Crippen molar-refractivity contribution in [1.82, 2.24) is 0 Å². The highest BCUT2D eigenvalue weighted by molar-refractivity contribution is 5.35. The monoisotopic (exact) mass is 254 g/mol. The highest BCUT2D eigenvalue weighted by Crippen LogP contribution is 2.27. The molecule has 18 heavy (non-hydrogen) atoms. The van der Waals surface area contributed by atoms with Gasteiger partial charge in [-0.25, -0.2) is 4.39 Å². The van der Waals surface area contributed by atoms with Crippen LogP contribution in [-0.4, -0.2) is 24.9 Å². The van der Waals surface area contributed by atoms with Crippen molar-refractivity contribution in [2.45, 2.75) is 25.9 Å². The van der Waals surface area contributed by atoms with Crippen molar-refractivity contribution >= 4 is 0 Å². The zero-order valence-corrected chi connectivity index (χ0v) is 10.6. The van der Waals surface area contributed by atoms with Gasteiger partial charge >= 0.3 is 0 Å². The molecule has 1 N–H and O–H groups in total. The summed E-state index contributed by atoms with van der Waals surface area (Å²) >= 11 is 0. The zero-order chi connectivity index (χ0) is 13.0. The van der Waals surface area contributed by atoms with Crippen molar-refractivity contribution in [2.24, 2.45) is 5.92 Å². The van der Waals surface area contributed by atoms with E-state index < -0.39 is 6.10 Å². The van der Waals surface area contributed by atoms with Gasteiger partial charge < -0.3 is 14.6 Å². The van der Waals surface area contributed by atoms with E-state index in [2.05, 4.69) is 0 Å². The molecular weight excluding hydrogens is 235 g/mol. The van der Waals surface area contributed by atoms with E-state index in [0.29, 0.717) is 23.8 Å².